The molecule has 0 aromatic heterocycles. The first-order valence-electron chi connectivity index (χ1n) is 7.07. The Morgan fingerprint density at radius 2 is 1.61 bits per heavy atom. The van der Waals surface area contributed by atoms with Gasteiger partial charge in [-0.15, -0.1) is 0 Å². The fourth-order valence-corrected chi connectivity index (χ4v) is 2.06. The van der Waals surface area contributed by atoms with Crippen LogP contribution < -0.4 is 10.6 Å². The van der Waals surface area contributed by atoms with Crippen molar-refractivity contribution in [1.29, 1.82) is 0 Å². The predicted molar refractivity (Wildman–Crippen MR) is 86.2 cm³/mol. The van der Waals surface area contributed by atoms with Crippen molar-refractivity contribution >= 4 is 17.7 Å². The molecule has 0 saturated carbocycles. The van der Waals surface area contributed by atoms with Crippen LogP contribution in [0.15, 0.2) is 54.6 Å². The Labute approximate surface area is 133 Å². The minimum absolute atomic E-state index is 0.413. The number of aliphatic hydroxyl groups excluding tert-OH is 1. The lowest BCUT2D eigenvalue weighted by atomic mass is 10.0. The maximum Gasteiger partial charge on any atom is 0.329 e. The van der Waals surface area contributed by atoms with Gasteiger partial charge in [-0.25, -0.2) is 9.59 Å². The van der Waals surface area contributed by atoms with Crippen molar-refractivity contribution in [3.05, 3.63) is 65.7 Å². The van der Waals surface area contributed by atoms with Gasteiger partial charge in [0, 0.05) is 5.69 Å². The highest BCUT2D eigenvalue weighted by Gasteiger charge is 2.29. The largest absolute Gasteiger partial charge is 0.480 e. The monoisotopic (exact) mass is 314 g/mol. The Hall–Kier alpha value is -2.86. The Morgan fingerprint density at radius 1 is 1.00 bits per heavy atom. The third kappa shape index (κ3) is 4.55. The first kappa shape index (κ1) is 16.5. The van der Waals surface area contributed by atoms with Crippen LogP contribution in [0.25, 0.3) is 0 Å². The van der Waals surface area contributed by atoms with Crippen molar-refractivity contribution in [1.82, 2.24) is 5.32 Å². The first-order valence-corrected chi connectivity index (χ1v) is 7.07. The van der Waals surface area contributed by atoms with Crippen LogP contribution in [-0.2, 0) is 4.79 Å². The lowest BCUT2D eigenvalue weighted by molar-refractivity contribution is -0.142. The number of carbonyl (C=O) groups is 2. The lowest BCUT2D eigenvalue weighted by Crippen LogP contribution is -2.46. The number of benzene rings is 2. The van der Waals surface area contributed by atoms with Crippen LogP contribution in [0.4, 0.5) is 10.5 Å². The molecular formula is C17H18N2O4. The Kier molecular flexibility index (Phi) is 5.32. The zero-order valence-corrected chi connectivity index (χ0v) is 12.6. The summed E-state index contributed by atoms with van der Waals surface area (Å²) in [5.74, 6) is -1.32. The molecule has 2 atom stereocenters. The minimum Gasteiger partial charge on any atom is -0.480 e. The Balaban J connectivity index is 2.05. The number of aliphatic carboxylic acids is 1. The molecule has 0 aliphatic heterocycles. The summed E-state index contributed by atoms with van der Waals surface area (Å²) in [6.07, 6.45) is -1.35. The zero-order chi connectivity index (χ0) is 16.8. The topological polar surface area (TPSA) is 98.7 Å². The smallest absolute Gasteiger partial charge is 0.329 e. The van der Waals surface area contributed by atoms with Gasteiger partial charge in [-0.05, 0) is 24.6 Å². The molecule has 0 spiro atoms. The molecule has 0 bridgehead atoms. The van der Waals surface area contributed by atoms with Crippen molar-refractivity contribution in [2.75, 3.05) is 5.32 Å². The van der Waals surface area contributed by atoms with Gasteiger partial charge in [0.2, 0.25) is 0 Å². The molecule has 2 aromatic carbocycles. The van der Waals surface area contributed by atoms with Crippen LogP contribution in [-0.4, -0.2) is 28.3 Å². The number of anilines is 1. The number of hydrogen-bond acceptors (Lipinski definition) is 3. The fourth-order valence-electron chi connectivity index (χ4n) is 2.06. The summed E-state index contributed by atoms with van der Waals surface area (Å²) < 4.78 is 0. The number of aryl methyl sites for hydroxylation is 1. The number of carboxylic acids is 1. The van der Waals surface area contributed by atoms with Gasteiger partial charge in [-0.1, -0.05) is 48.0 Å². The highest BCUT2D eigenvalue weighted by molar-refractivity contribution is 5.92. The standard InChI is InChI=1S/C17H18N2O4/c1-11-7-9-13(10-8-11)18-17(23)19-14(16(21)22)15(20)12-5-3-2-4-6-12/h2-10,14-15,20H,1H3,(H,21,22)(H2,18,19,23). The summed E-state index contributed by atoms with van der Waals surface area (Å²) >= 11 is 0. The van der Waals surface area contributed by atoms with Crippen LogP contribution in [0.1, 0.15) is 17.2 Å². The molecule has 2 amide bonds. The van der Waals surface area contributed by atoms with Gasteiger partial charge in [-0.2, -0.15) is 0 Å². The number of rotatable bonds is 5. The third-order valence-electron chi connectivity index (χ3n) is 3.32. The van der Waals surface area contributed by atoms with Gasteiger partial charge in [0.1, 0.15) is 6.10 Å². The van der Waals surface area contributed by atoms with E-state index in [-0.39, 0.29) is 0 Å². The van der Waals surface area contributed by atoms with E-state index in [1.54, 1.807) is 42.5 Å². The summed E-state index contributed by atoms with van der Waals surface area (Å²) in [6.45, 7) is 1.92. The fraction of sp³-hybridized carbons (Fsp3) is 0.176. The van der Waals surface area contributed by atoms with Gasteiger partial charge in [0.05, 0.1) is 0 Å². The highest BCUT2D eigenvalue weighted by Crippen LogP contribution is 2.17. The summed E-state index contributed by atoms with van der Waals surface area (Å²) in [5.41, 5.74) is 1.99. The Morgan fingerprint density at radius 3 is 2.17 bits per heavy atom. The van der Waals surface area contributed by atoms with Gasteiger partial charge < -0.3 is 20.8 Å². The lowest BCUT2D eigenvalue weighted by Gasteiger charge is -2.21. The van der Waals surface area contributed by atoms with E-state index in [1.165, 1.54) is 0 Å². The highest BCUT2D eigenvalue weighted by atomic mass is 16.4. The van der Waals surface area contributed by atoms with E-state index in [2.05, 4.69) is 10.6 Å². The van der Waals surface area contributed by atoms with Crippen LogP contribution in [0, 0.1) is 6.92 Å². The van der Waals surface area contributed by atoms with Crippen molar-refractivity contribution in [3.63, 3.8) is 0 Å². The number of hydrogen-bond donors (Lipinski definition) is 4. The number of carboxylic acid groups (broad SMARTS) is 1. The minimum atomic E-state index is -1.46. The molecule has 2 aromatic rings. The molecule has 120 valence electrons. The van der Waals surface area contributed by atoms with Crippen molar-refractivity contribution in [2.45, 2.75) is 19.1 Å². The molecule has 4 N–H and O–H groups in total. The molecular weight excluding hydrogens is 296 g/mol. The number of amides is 2. The number of aliphatic hydroxyl groups is 1. The van der Waals surface area contributed by atoms with Crippen molar-refractivity contribution < 1.29 is 19.8 Å². The van der Waals surface area contributed by atoms with E-state index in [4.69, 9.17) is 0 Å². The molecule has 0 radical (unpaired) electrons. The second-order valence-corrected chi connectivity index (χ2v) is 5.14. The second-order valence-electron chi connectivity index (χ2n) is 5.14. The number of urea groups is 1. The van der Waals surface area contributed by atoms with E-state index in [1.807, 2.05) is 19.1 Å². The average Bonchev–Trinajstić information content (AvgIpc) is 2.55. The van der Waals surface area contributed by atoms with Gasteiger partial charge >= 0.3 is 12.0 Å². The van der Waals surface area contributed by atoms with E-state index in [9.17, 15) is 19.8 Å². The molecule has 2 unspecified atom stereocenters. The molecule has 6 nitrogen and oxygen atoms in total. The molecule has 0 aliphatic rings. The summed E-state index contributed by atoms with van der Waals surface area (Å²) in [6, 6.07) is 13.2. The van der Waals surface area contributed by atoms with Gasteiger partial charge in [0.25, 0.3) is 0 Å². The molecule has 2 rings (SSSR count). The predicted octanol–water partition coefficient (Wildman–Crippen LogP) is 2.30. The molecule has 0 fully saturated rings. The van der Waals surface area contributed by atoms with Crippen LogP contribution in [0.5, 0.6) is 0 Å². The maximum absolute atomic E-state index is 12.0. The number of carbonyl (C=O) groups excluding carboxylic acids is 1. The zero-order valence-electron chi connectivity index (χ0n) is 12.6. The quantitative estimate of drug-likeness (QED) is 0.680. The van der Waals surface area contributed by atoms with Crippen LogP contribution in [0.3, 0.4) is 0 Å². The van der Waals surface area contributed by atoms with Crippen LogP contribution in [0.2, 0.25) is 0 Å². The van der Waals surface area contributed by atoms with Crippen molar-refractivity contribution in [3.8, 4) is 0 Å². The molecule has 0 heterocycles. The second kappa shape index (κ2) is 7.42. The van der Waals surface area contributed by atoms with Crippen LogP contribution >= 0.6 is 0 Å². The summed E-state index contributed by atoms with van der Waals surface area (Å²) in [4.78, 5) is 23.3. The SMILES string of the molecule is Cc1ccc(NC(=O)NC(C(=O)O)C(O)c2ccccc2)cc1. The number of nitrogens with one attached hydrogen (secondary N) is 2. The van der Waals surface area contributed by atoms with E-state index >= 15 is 0 Å². The first-order chi connectivity index (χ1) is 11.0. The molecule has 23 heavy (non-hydrogen) atoms. The van der Waals surface area contributed by atoms with E-state index in [0.717, 1.165) is 5.56 Å². The molecule has 6 heteroatoms. The van der Waals surface area contributed by atoms with Gasteiger partial charge in [-0.3, -0.25) is 0 Å². The Bertz CT molecular complexity index is 671. The van der Waals surface area contributed by atoms with E-state index < -0.39 is 24.1 Å². The summed E-state index contributed by atoms with van der Waals surface area (Å²) in [5, 5.41) is 24.2. The molecule has 0 aliphatic carbocycles. The van der Waals surface area contributed by atoms with Gasteiger partial charge in [0.15, 0.2) is 6.04 Å². The van der Waals surface area contributed by atoms with Crippen molar-refractivity contribution in [2.24, 2.45) is 0 Å². The normalized spacial score (nSPS) is 13.0. The summed E-state index contributed by atoms with van der Waals surface area (Å²) in [7, 11) is 0. The average molecular weight is 314 g/mol. The third-order valence-corrected chi connectivity index (χ3v) is 3.32. The molecule has 0 saturated heterocycles. The van der Waals surface area contributed by atoms with E-state index in [0.29, 0.717) is 11.3 Å². The maximum atomic E-state index is 12.0.